The lowest BCUT2D eigenvalue weighted by Gasteiger charge is -2.30. The number of aryl methyl sites for hydroxylation is 3. The third kappa shape index (κ3) is 5.28. The van der Waals surface area contributed by atoms with Crippen LogP contribution in [-0.4, -0.2) is 44.8 Å². The smallest absolute Gasteiger partial charge is 0.251 e. The lowest BCUT2D eigenvalue weighted by molar-refractivity contribution is 0.0926. The molecular weight excluding hydrogens is 464 g/mol. The van der Waals surface area contributed by atoms with Gasteiger partial charge in [-0.3, -0.25) is 4.79 Å². The largest absolute Gasteiger partial charge is 0.497 e. The highest BCUT2D eigenvalue weighted by Gasteiger charge is 2.25. The van der Waals surface area contributed by atoms with Crippen molar-refractivity contribution in [1.82, 2.24) is 25.1 Å². The van der Waals surface area contributed by atoms with Gasteiger partial charge in [0, 0.05) is 24.1 Å². The van der Waals surface area contributed by atoms with Crippen LogP contribution in [0.1, 0.15) is 60.0 Å². The van der Waals surface area contributed by atoms with Gasteiger partial charge in [-0.05, 0) is 69.9 Å². The number of fused-ring (bicyclic) bond motifs is 1. The van der Waals surface area contributed by atoms with Gasteiger partial charge < -0.3 is 15.4 Å². The van der Waals surface area contributed by atoms with Crippen LogP contribution >= 0.6 is 0 Å². The van der Waals surface area contributed by atoms with E-state index in [0.29, 0.717) is 11.3 Å². The summed E-state index contributed by atoms with van der Waals surface area (Å²) in [5.74, 6) is 2.27. The first kappa shape index (κ1) is 24.7. The number of anilines is 1. The molecule has 0 aliphatic heterocycles. The number of carbonyl (C=O) groups is 1. The molecule has 8 heteroatoms. The summed E-state index contributed by atoms with van der Waals surface area (Å²) in [4.78, 5) is 22.4. The predicted octanol–water partition coefficient (Wildman–Crippen LogP) is 5.16. The zero-order valence-electron chi connectivity index (χ0n) is 21.9. The van der Waals surface area contributed by atoms with Crippen molar-refractivity contribution in [2.24, 2.45) is 0 Å². The minimum atomic E-state index is -0.0560. The van der Waals surface area contributed by atoms with Crippen molar-refractivity contribution in [1.29, 1.82) is 0 Å². The van der Waals surface area contributed by atoms with Gasteiger partial charge in [-0.1, -0.05) is 30.7 Å². The normalized spacial score (nSPS) is 17.5. The van der Waals surface area contributed by atoms with Gasteiger partial charge in [-0.2, -0.15) is 5.10 Å². The Balaban J connectivity index is 1.30. The average Bonchev–Trinajstić information content (AvgIpc) is 3.26. The summed E-state index contributed by atoms with van der Waals surface area (Å²) in [6, 6.07) is 16.0. The summed E-state index contributed by atoms with van der Waals surface area (Å²) >= 11 is 0. The van der Waals surface area contributed by atoms with Crippen LogP contribution in [0.5, 0.6) is 5.75 Å². The van der Waals surface area contributed by atoms with Crippen molar-refractivity contribution in [3.8, 4) is 11.4 Å². The van der Waals surface area contributed by atoms with Gasteiger partial charge in [-0.15, -0.1) is 0 Å². The molecule has 2 N–H and O–H groups in total. The summed E-state index contributed by atoms with van der Waals surface area (Å²) in [5, 5.41) is 12.7. The van der Waals surface area contributed by atoms with Crippen molar-refractivity contribution in [2.75, 3.05) is 12.4 Å². The number of amides is 1. The third-order valence-corrected chi connectivity index (χ3v) is 7.08. The van der Waals surface area contributed by atoms with Crippen LogP contribution in [0.2, 0.25) is 0 Å². The Morgan fingerprint density at radius 2 is 1.76 bits per heavy atom. The zero-order valence-corrected chi connectivity index (χ0v) is 21.9. The average molecular weight is 499 g/mol. The molecule has 0 atom stereocenters. The van der Waals surface area contributed by atoms with E-state index in [1.54, 1.807) is 13.2 Å². The maximum atomic E-state index is 12.7. The van der Waals surface area contributed by atoms with Crippen LogP contribution in [0.25, 0.3) is 16.7 Å². The molecule has 37 heavy (non-hydrogen) atoms. The van der Waals surface area contributed by atoms with E-state index in [1.165, 1.54) is 5.56 Å². The zero-order chi connectivity index (χ0) is 25.9. The van der Waals surface area contributed by atoms with Crippen molar-refractivity contribution in [3.63, 3.8) is 0 Å². The van der Waals surface area contributed by atoms with Gasteiger partial charge >= 0.3 is 0 Å². The highest BCUT2D eigenvalue weighted by molar-refractivity contribution is 5.94. The number of hydrogen-bond acceptors (Lipinski definition) is 6. The molecule has 1 amide bonds. The number of ether oxygens (including phenoxy) is 1. The van der Waals surface area contributed by atoms with Crippen LogP contribution in [0.4, 0.5) is 5.82 Å². The minimum Gasteiger partial charge on any atom is -0.497 e. The van der Waals surface area contributed by atoms with Crippen molar-refractivity contribution in [3.05, 3.63) is 71.2 Å². The van der Waals surface area contributed by atoms with E-state index in [1.807, 2.05) is 29.8 Å². The summed E-state index contributed by atoms with van der Waals surface area (Å²) in [6.07, 6.45) is 4.45. The molecule has 0 radical (unpaired) electrons. The fourth-order valence-corrected chi connectivity index (χ4v) is 4.96. The lowest BCUT2D eigenvalue weighted by atomic mass is 9.91. The molecule has 0 spiro atoms. The summed E-state index contributed by atoms with van der Waals surface area (Å²) in [7, 11) is 1.61. The van der Waals surface area contributed by atoms with Gasteiger partial charge in [0.25, 0.3) is 5.91 Å². The van der Waals surface area contributed by atoms with E-state index in [-0.39, 0.29) is 18.0 Å². The van der Waals surface area contributed by atoms with E-state index in [4.69, 9.17) is 19.8 Å². The third-order valence-electron chi connectivity index (χ3n) is 7.08. The van der Waals surface area contributed by atoms with E-state index < -0.39 is 0 Å². The Bertz CT molecular complexity index is 1400. The van der Waals surface area contributed by atoms with Crippen LogP contribution in [0.3, 0.4) is 0 Å². The van der Waals surface area contributed by atoms with Gasteiger partial charge in [0.2, 0.25) is 0 Å². The second-order valence-electron chi connectivity index (χ2n) is 9.77. The van der Waals surface area contributed by atoms with Gasteiger partial charge in [0.1, 0.15) is 17.4 Å². The molecule has 8 nitrogen and oxygen atoms in total. The molecular formula is C29H34N6O2. The first-order chi connectivity index (χ1) is 17.9. The van der Waals surface area contributed by atoms with Crippen LogP contribution in [0.15, 0.2) is 48.5 Å². The van der Waals surface area contributed by atoms with E-state index in [2.05, 4.69) is 48.7 Å². The van der Waals surface area contributed by atoms with E-state index in [9.17, 15) is 4.79 Å². The molecule has 0 saturated heterocycles. The summed E-state index contributed by atoms with van der Waals surface area (Å²) in [5.41, 5.74) is 4.55. The number of hydrogen-bond donors (Lipinski definition) is 2. The Morgan fingerprint density at radius 3 is 2.46 bits per heavy atom. The molecule has 5 rings (SSSR count). The first-order valence-corrected chi connectivity index (χ1v) is 13.0. The number of aromatic nitrogens is 4. The fraction of sp³-hybridized carbons (Fsp3) is 0.379. The van der Waals surface area contributed by atoms with Crippen molar-refractivity contribution in [2.45, 2.75) is 65.0 Å². The number of nitrogens with one attached hydrogen (secondary N) is 2. The Morgan fingerprint density at radius 1 is 1.03 bits per heavy atom. The van der Waals surface area contributed by atoms with Gasteiger partial charge in [0.05, 0.1) is 23.9 Å². The highest BCUT2D eigenvalue weighted by atomic mass is 16.5. The molecule has 192 valence electrons. The van der Waals surface area contributed by atoms with Crippen molar-refractivity contribution >= 4 is 22.8 Å². The van der Waals surface area contributed by atoms with Crippen molar-refractivity contribution < 1.29 is 9.53 Å². The Labute approximate surface area is 217 Å². The molecule has 0 unspecified atom stereocenters. The number of carbonyl (C=O) groups excluding carboxylic acids is 1. The minimum absolute atomic E-state index is 0.0560. The molecule has 1 saturated carbocycles. The topological polar surface area (TPSA) is 94.0 Å². The molecule has 2 aromatic carbocycles. The molecule has 1 aliphatic carbocycles. The standard InChI is InChI=1S/C29H34N6O2/c1-5-25-32-27(26-19(3)34-35(28(26)33-25)23-15-9-18(2)10-16-23)30-21-11-13-22(14-12-21)31-29(36)20-7-6-8-24(17-20)37-4/h6-10,15-17,21-22H,5,11-14H2,1-4H3,(H,31,36)(H,30,32,33). The van der Waals surface area contributed by atoms with E-state index >= 15 is 0 Å². The SMILES string of the molecule is CCc1nc(NC2CCC(NC(=O)c3cccc(OC)c3)CC2)c2c(C)nn(-c3ccc(C)cc3)c2n1. The van der Waals surface area contributed by atoms with Crippen LogP contribution < -0.4 is 15.4 Å². The molecule has 1 fully saturated rings. The summed E-state index contributed by atoms with van der Waals surface area (Å²) in [6.45, 7) is 6.16. The monoisotopic (exact) mass is 498 g/mol. The fourth-order valence-electron chi connectivity index (χ4n) is 4.96. The Kier molecular flexibility index (Phi) is 7.08. The maximum Gasteiger partial charge on any atom is 0.251 e. The lowest BCUT2D eigenvalue weighted by Crippen LogP contribution is -2.40. The molecule has 0 bridgehead atoms. The predicted molar refractivity (Wildman–Crippen MR) is 146 cm³/mol. The van der Waals surface area contributed by atoms with Gasteiger partial charge in [0.15, 0.2) is 5.65 Å². The number of rotatable bonds is 7. The molecule has 2 heterocycles. The Hall–Kier alpha value is -3.94. The first-order valence-electron chi connectivity index (χ1n) is 13.0. The molecule has 2 aromatic heterocycles. The second-order valence-corrected chi connectivity index (χ2v) is 9.77. The van der Waals surface area contributed by atoms with Crippen LogP contribution in [-0.2, 0) is 6.42 Å². The molecule has 4 aromatic rings. The second kappa shape index (κ2) is 10.6. The highest BCUT2D eigenvalue weighted by Crippen LogP contribution is 2.30. The molecule has 1 aliphatic rings. The number of nitrogens with zero attached hydrogens (tertiary/aromatic N) is 4. The number of benzene rings is 2. The van der Waals surface area contributed by atoms with Gasteiger partial charge in [-0.25, -0.2) is 14.6 Å². The number of methoxy groups -OCH3 is 1. The maximum absolute atomic E-state index is 12.7. The van der Waals surface area contributed by atoms with Crippen LogP contribution in [0, 0.1) is 13.8 Å². The quantitative estimate of drug-likeness (QED) is 0.366. The summed E-state index contributed by atoms with van der Waals surface area (Å²) < 4.78 is 7.17. The van der Waals surface area contributed by atoms with E-state index in [0.717, 1.165) is 66.2 Å².